The fourth-order valence-electron chi connectivity index (χ4n) is 3.20. The van der Waals surface area contributed by atoms with Crippen LogP contribution in [0.4, 0.5) is 5.69 Å². The summed E-state index contributed by atoms with van der Waals surface area (Å²) in [4.78, 5) is 12.8. The normalized spacial score (nSPS) is 15.4. The van der Waals surface area contributed by atoms with Crippen molar-refractivity contribution in [3.05, 3.63) is 48.0 Å². The van der Waals surface area contributed by atoms with Gasteiger partial charge in [-0.25, -0.2) is 21.1 Å². The first-order valence-corrected chi connectivity index (χ1v) is 13.1. The lowest BCUT2D eigenvalue weighted by Gasteiger charge is -2.26. The summed E-state index contributed by atoms with van der Waals surface area (Å²) >= 11 is 0. The average Bonchev–Trinajstić information content (AvgIpc) is 2.80. The minimum atomic E-state index is -3.83. The Morgan fingerprint density at radius 3 is 2.42 bits per heavy atom. The van der Waals surface area contributed by atoms with E-state index in [0.29, 0.717) is 13.2 Å². The molecule has 3 rings (SSSR count). The number of anilines is 1. The zero-order chi connectivity index (χ0) is 24.2. The third kappa shape index (κ3) is 5.53. The molecule has 0 unspecified atom stereocenters. The standard InChI is InChI=1S/C21H27N3O7S2/c1-4-31-19-9-8-17(15-20(19)33(28,29)23(2)3)22-21(25)16-6-5-7-18(14-16)32(26,27)24-10-12-30-13-11-24/h5-9,14-15H,4,10-13H2,1-3H3,(H,22,25). The Labute approximate surface area is 194 Å². The second-order valence-electron chi connectivity index (χ2n) is 7.38. The van der Waals surface area contributed by atoms with Gasteiger partial charge >= 0.3 is 0 Å². The van der Waals surface area contributed by atoms with Crippen molar-refractivity contribution in [2.75, 3.05) is 52.3 Å². The van der Waals surface area contributed by atoms with Crippen LogP contribution in [0.2, 0.25) is 0 Å². The number of carbonyl (C=O) groups excluding carboxylic acids is 1. The first-order valence-electron chi connectivity index (χ1n) is 10.3. The van der Waals surface area contributed by atoms with Crippen molar-refractivity contribution < 1.29 is 31.1 Å². The van der Waals surface area contributed by atoms with Crippen LogP contribution in [0.1, 0.15) is 17.3 Å². The zero-order valence-corrected chi connectivity index (χ0v) is 20.3. The number of nitrogens with zero attached hydrogens (tertiary/aromatic N) is 2. The first-order chi connectivity index (χ1) is 15.6. The lowest BCUT2D eigenvalue weighted by atomic mass is 10.2. The summed E-state index contributed by atoms with van der Waals surface area (Å²) in [7, 11) is -4.80. The van der Waals surface area contributed by atoms with E-state index in [1.165, 1.54) is 60.9 Å². The molecule has 12 heteroatoms. The Kier molecular flexibility index (Phi) is 7.75. The van der Waals surface area contributed by atoms with Crippen molar-refractivity contribution in [1.82, 2.24) is 8.61 Å². The summed E-state index contributed by atoms with van der Waals surface area (Å²) in [5.74, 6) is -0.408. The van der Waals surface area contributed by atoms with Crippen molar-refractivity contribution >= 4 is 31.6 Å². The van der Waals surface area contributed by atoms with E-state index in [-0.39, 0.29) is 46.5 Å². The van der Waals surface area contributed by atoms with Crippen LogP contribution < -0.4 is 10.1 Å². The number of hydrogen-bond acceptors (Lipinski definition) is 7. The summed E-state index contributed by atoms with van der Waals surface area (Å²) in [5.41, 5.74) is 0.348. The Balaban J connectivity index is 1.88. The van der Waals surface area contributed by atoms with Crippen molar-refractivity contribution in [2.45, 2.75) is 16.7 Å². The minimum absolute atomic E-state index is 0.000353. The number of ether oxygens (including phenoxy) is 2. The molecule has 0 atom stereocenters. The molecule has 1 N–H and O–H groups in total. The first kappa shape index (κ1) is 25.1. The van der Waals surface area contributed by atoms with Crippen molar-refractivity contribution in [2.24, 2.45) is 0 Å². The summed E-state index contributed by atoms with van der Waals surface area (Å²) in [6, 6.07) is 10.0. The topological polar surface area (TPSA) is 122 Å². The second kappa shape index (κ2) is 10.2. The van der Waals surface area contributed by atoms with Gasteiger partial charge in [-0.2, -0.15) is 4.31 Å². The third-order valence-corrected chi connectivity index (χ3v) is 8.70. The van der Waals surface area contributed by atoms with Crippen LogP contribution in [-0.2, 0) is 24.8 Å². The van der Waals surface area contributed by atoms with Crippen LogP contribution >= 0.6 is 0 Å². The van der Waals surface area contributed by atoms with Gasteiger partial charge in [0.2, 0.25) is 20.0 Å². The van der Waals surface area contributed by atoms with E-state index in [1.54, 1.807) is 6.92 Å². The van der Waals surface area contributed by atoms with E-state index >= 15 is 0 Å². The quantitative estimate of drug-likeness (QED) is 0.588. The molecule has 0 saturated carbocycles. The van der Waals surface area contributed by atoms with Crippen LogP contribution in [0.25, 0.3) is 0 Å². The fraction of sp³-hybridized carbons (Fsp3) is 0.381. The zero-order valence-electron chi connectivity index (χ0n) is 18.6. The molecule has 0 aliphatic carbocycles. The monoisotopic (exact) mass is 497 g/mol. The van der Waals surface area contributed by atoms with Crippen molar-refractivity contribution in [1.29, 1.82) is 0 Å². The molecule has 33 heavy (non-hydrogen) atoms. The molecular formula is C21H27N3O7S2. The molecule has 1 aliphatic heterocycles. The largest absolute Gasteiger partial charge is 0.492 e. The van der Waals surface area contributed by atoms with Gasteiger partial charge in [0.25, 0.3) is 5.91 Å². The maximum absolute atomic E-state index is 12.9. The number of carbonyl (C=O) groups is 1. The van der Waals surface area contributed by atoms with Gasteiger partial charge < -0.3 is 14.8 Å². The highest BCUT2D eigenvalue weighted by Crippen LogP contribution is 2.29. The summed E-state index contributed by atoms with van der Waals surface area (Å²) in [6.07, 6.45) is 0. The number of sulfonamides is 2. The molecule has 1 amide bonds. The van der Waals surface area contributed by atoms with Gasteiger partial charge in [0.1, 0.15) is 10.6 Å². The predicted molar refractivity (Wildman–Crippen MR) is 122 cm³/mol. The smallest absolute Gasteiger partial charge is 0.255 e. The van der Waals surface area contributed by atoms with Gasteiger partial charge in [0, 0.05) is 38.4 Å². The van der Waals surface area contributed by atoms with Crippen molar-refractivity contribution in [3.63, 3.8) is 0 Å². The van der Waals surface area contributed by atoms with Crippen LogP contribution in [0, 0.1) is 0 Å². The Morgan fingerprint density at radius 1 is 1.09 bits per heavy atom. The van der Waals surface area contributed by atoms with E-state index in [4.69, 9.17) is 9.47 Å². The maximum atomic E-state index is 12.9. The fourth-order valence-corrected chi connectivity index (χ4v) is 5.70. The van der Waals surface area contributed by atoms with Crippen LogP contribution in [0.3, 0.4) is 0 Å². The molecule has 1 aliphatic rings. The van der Waals surface area contributed by atoms with E-state index in [2.05, 4.69) is 5.32 Å². The van der Waals surface area contributed by atoms with Crippen LogP contribution in [-0.4, -0.2) is 78.4 Å². The predicted octanol–water partition coefficient (Wildman–Crippen LogP) is 1.61. The number of benzene rings is 2. The molecule has 180 valence electrons. The molecule has 1 saturated heterocycles. The van der Waals surface area contributed by atoms with Gasteiger partial charge in [0.05, 0.1) is 24.7 Å². The number of rotatable bonds is 8. The number of nitrogens with one attached hydrogen (secondary N) is 1. The summed E-state index contributed by atoms with van der Waals surface area (Å²) < 4.78 is 64.2. The second-order valence-corrected chi connectivity index (χ2v) is 11.4. The highest BCUT2D eigenvalue weighted by Gasteiger charge is 2.27. The summed E-state index contributed by atoms with van der Waals surface area (Å²) in [6.45, 7) is 3.12. The van der Waals surface area contributed by atoms with Gasteiger partial charge in [-0.1, -0.05) is 6.07 Å². The van der Waals surface area contributed by atoms with E-state index in [1.807, 2.05) is 0 Å². The number of hydrogen-bond donors (Lipinski definition) is 1. The Hall–Kier alpha value is -2.51. The van der Waals surface area contributed by atoms with E-state index in [0.717, 1.165) is 4.31 Å². The highest BCUT2D eigenvalue weighted by molar-refractivity contribution is 7.89. The molecule has 2 aromatic carbocycles. The molecule has 2 aromatic rings. The lowest BCUT2D eigenvalue weighted by molar-refractivity contribution is 0.0730. The maximum Gasteiger partial charge on any atom is 0.255 e. The minimum Gasteiger partial charge on any atom is -0.492 e. The molecule has 0 radical (unpaired) electrons. The van der Waals surface area contributed by atoms with Crippen LogP contribution in [0.15, 0.2) is 52.3 Å². The average molecular weight is 498 g/mol. The number of morpholine rings is 1. The van der Waals surface area contributed by atoms with Gasteiger partial charge in [-0.05, 0) is 43.3 Å². The lowest BCUT2D eigenvalue weighted by Crippen LogP contribution is -2.40. The molecule has 0 spiro atoms. The molecule has 1 heterocycles. The van der Waals surface area contributed by atoms with Gasteiger partial charge in [0.15, 0.2) is 0 Å². The molecular weight excluding hydrogens is 470 g/mol. The van der Waals surface area contributed by atoms with Crippen LogP contribution in [0.5, 0.6) is 5.75 Å². The third-order valence-electron chi connectivity index (χ3n) is 4.96. The van der Waals surface area contributed by atoms with E-state index < -0.39 is 26.0 Å². The Bertz CT molecular complexity index is 1220. The highest BCUT2D eigenvalue weighted by atomic mass is 32.2. The molecule has 1 fully saturated rings. The molecule has 0 aromatic heterocycles. The van der Waals surface area contributed by atoms with Gasteiger partial charge in [-0.3, -0.25) is 4.79 Å². The SMILES string of the molecule is CCOc1ccc(NC(=O)c2cccc(S(=O)(=O)N3CCOCC3)c2)cc1S(=O)(=O)N(C)C. The Morgan fingerprint density at radius 2 is 1.79 bits per heavy atom. The molecule has 10 nitrogen and oxygen atoms in total. The van der Waals surface area contributed by atoms with Crippen molar-refractivity contribution in [3.8, 4) is 5.75 Å². The van der Waals surface area contributed by atoms with Gasteiger partial charge in [-0.15, -0.1) is 0 Å². The molecule has 0 bridgehead atoms. The number of amides is 1. The summed E-state index contributed by atoms with van der Waals surface area (Å²) in [5, 5.41) is 2.63. The van der Waals surface area contributed by atoms with E-state index in [9.17, 15) is 21.6 Å².